The summed E-state index contributed by atoms with van der Waals surface area (Å²) in [5.74, 6) is 0. The Morgan fingerprint density at radius 2 is 1.86 bits per heavy atom. The molecule has 1 heterocycles. The first-order valence-electron chi connectivity index (χ1n) is 5.67. The zero-order valence-electron chi connectivity index (χ0n) is 10.9. The number of nitriles is 2. The van der Waals surface area contributed by atoms with Gasteiger partial charge >= 0.3 is 5.69 Å². The van der Waals surface area contributed by atoms with Gasteiger partial charge in [0.25, 0.3) is 5.69 Å². The molecule has 0 atom stereocenters. The Bertz CT molecular complexity index is 791. The van der Waals surface area contributed by atoms with Crippen LogP contribution < -0.4 is 21.5 Å². The van der Waals surface area contributed by atoms with Crippen LogP contribution in [0.5, 0.6) is 0 Å². The van der Waals surface area contributed by atoms with Crippen LogP contribution in [0, 0.1) is 39.7 Å². The minimum atomic E-state index is -0.563. The molecule has 7 heteroatoms. The zero-order valence-corrected chi connectivity index (χ0v) is 12.5. The number of nitro groups is 1. The number of nitrogens with zero attached hydrogens (tertiary/aromatic N) is 4. The summed E-state index contributed by atoms with van der Waals surface area (Å²) >= 11 is 0. The van der Waals surface area contributed by atoms with E-state index in [2.05, 4.69) is 0 Å². The van der Waals surface area contributed by atoms with Gasteiger partial charge < -0.3 is 17.0 Å². The molecule has 0 radical (unpaired) electrons. The molecule has 0 N–H and O–H groups in total. The Morgan fingerprint density at radius 1 is 1.24 bits per heavy atom. The maximum Gasteiger partial charge on any atom is 0.341 e. The molecule has 0 aliphatic carbocycles. The van der Waals surface area contributed by atoms with Gasteiger partial charge in [-0.1, -0.05) is 0 Å². The summed E-state index contributed by atoms with van der Waals surface area (Å²) in [6.07, 6.45) is 3.37. The molecule has 0 unspecified atom stereocenters. The second kappa shape index (κ2) is 6.60. The summed E-state index contributed by atoms with van der Waals surface area (Å²) in [5.41, 5.74) is 1.08. The van der Waals surface area contributed by atoms with E-state index in [1.165, 1.54) is 6.07 Å². The predicted octanol–water partition coefficient (Wildman–Crippen LogP) is -1.07. The molecule has 1 aromatic carbocycles. The number of pyridine rings is 1. The van der Waals surface area contributed by atoms with Gasteiger partial charge in [0, 0.05) is 23.8 Å². The summed E-state index contributed by atoms with van der Waals surface area (Å²) in [5, 5.41) is 29.1. The van der Waals surface area contributed by atoms with E-state index in [4.69, 9.17) is 10.5 Å². The van der Waals surface area contributed by atoms with Crippen molar-refractivity contribution in [3.8, 4) is 17.8 Å². The highest BCUT2D eigenvalue weighted by Crippen LogP contribution is 2.23. The molecule has 104 valence electrons. The topological polar surface area (TPSA) is 94.6 Å². The summed E-state index contributed by atoms with van der Waals surface area (Å²) in [7, 11) is 0. The van der Waals surface area contributed by atoms with E-state index >= 15 is 0 Å². The summed E-state index contributed by atoms with van der Waals surface area (Å²) in [6, 6.07) is 9.77. The van der Waals surface area contributed by atoms with E-state index in [1.54, 1.807) is 29.1 Å². The minimum Gasteiger partial charge on any atom is -1.00 e. The second-order valence-corrected chi connectivity index (χ2v) is 4.16. The first-order valence-corrected chi connectivity index (χ1v) is 5.67. The van der Waals surface area contributed by atoms with Gasteiger partial charge in [-0.3, -0.25) is 10.1 Å². The van der Waals surface area contributed by atoms with Crippen molar-refractivity contribution in [2.45, 2.75) is 6.92 Å². The Kier molecular flexibility index (Phi) is 5.12. The number of hydrogen-bond acceptors (Lipinski definition) is 4. The van der Waals surface area contributed by atoms with Crippen LogP contribution >= 0.6 is 0 Å². The molecule has 0 spiro atoms. The molecule has 0 aliphatic heterocycles. The monoisotopic (exact) mass is 344 g/mol. The van der Waals surface area contributed by atoms with Gasteiger partial charge in [0.1, 0.15) is 12.1 Å². The molecule has 2 aromatic rings. The maximum atomic E-state index is 11.1. The maximum absolute atomic E-state index is 11.1. The van der Waals surface area contributed by atoms with Crippen LogP contribution in [-0.4, -0.2) is 4.92 Å². The van der Waals surface area contributed by atoms with Crippen molar-refractivity contribution in [3.05, 3.63) is 63.5 Å². The molecule has 0 fully saturated rings. The van der Waals surface area contributed by atoms with Crippen LogP contribution in [0.15, 0.2) is 36.7 Å². The van der Waals surface area contributed by atoms with E-state index in [0.29, 0.717) is 0 Å². The van der Waals surface area contributed by atoms with E-state index in [1.807, 2.05) is 19.1 Å². The highest BCUT2D eigenvalue weighted by atomic mass is 79.9. The van der Waals surface area contributed by atoms with Gasteiger partial charge in [0.15, 0.2) is 12.4 Å². The lowest BCUT2D eigenvalue weighted by Gasteiger charge is -2.01. The van der Waals surface area contributed by atoms with Crippen LogP contribution in [0.3, 0.4) is 0 Å². The van der Waals surface area contributed by atoms with Crippen LogP contribution in [-0.2, 0) is 0 Å². The van der Waals surface area contributed by atoms with Crippen LogP contribution in [0.25, 0.3) is 5.69 Å². The van der Waals surface area contributed by atoms with Crippen molar-refractivity contribution in [3.63, 3.8) is 0 Å². The van der Waals surface area contributed by atoms with E-state index < -0.39 is 4.92 Å². The van der Waals surface area contributed by atoms with Crippen molar-refractivity contribution in [2.24, 2.45) is 0 Å². The van der Waals surface area contributed by atoms with Gasteiger partial charge in [-0.2, -0.15) is 15.1 Å². The number of halogens is 1. The summed E-state index contributed by atoms with van der Waals surface area (Å²) in [6.45, 7) is 1.86. The molecule has 0 amide bonds. The van der Waals surface area contributed by atoms with Crippen LogP contribution in [0.4, 0.5) is 5.69 Å². The third-order valence-electron chi connectivity index (χ3n) is 2.78. The fourth-order valence-electron chi connectivity index (χ4n) is 1.86. The number of aromatic nitrogens is 1. The van der Waals surface area contributed by atoms with Crippen molar-refractivity contribution >= 4 is 5.69 Å². The minimum absolute atomic E-state index is 0. The normalized spacial score (nSPS) is 9.10. The summed E-state index contributed by atoms with van der Waals surface area (Å²) in [4.78, 5) is 10.6. The lowest BCUT2D eigenvalue weighted by atomic mass is 10.1. The zero-order chi connectivity index (χ0) is 14.7. The molecule has 0 saturated heterocycles. The quantitative estimate of drug-likeness (QED) is 0.393. The van der Waals surface area contributed by atoms with Gasteiger partial charge in [-0.05, 0) is 13.0 Å². The van der Waals surface area contributed by atoms with Crippen molar-refractivity contribution in [1.29, 1.82) is 10.5 Å². The molecule has 1 aromatic heterocycles. The van der Waals surface area contributed by atoms with Gasteiger partial charge in [0.05, 0.1) is 16.1 Å². The standard InChI is InChI=1S/C14H9N4O2.BrH/c1-10-3-2-4-17(9-10)13-5-11(7-15)12(8-16)6-14(13)18(19)20;/h2-6,9H,1H3;1H/q+1;/p-1. The van der Waals surface area contributed by atoms with E-state index in [9.17, 15) is 10.1 Å². The fourth-order valence-corrected chi connectivity index (χ4v) is 1.86. The average Bonchev–Trinajstić information content (AvgIpc) is 2.45. The number of nitro benzene ring substituents is 1. The summed E-state index contributed by atoms with van der Waals surface area (Å²) < 4.78 is 1.56. The average molecular weight is 345 g/mol. The number of benzene rings is 1. The smallest absolute Gasteiger partial charge is 0.341 e. The third kappa shape index (κ3) is 3.22. The fraction of sp³-hybridized carbons (Fsp3) is 0.0714. The number of aryl methyl sites for hydroxylation is 1. The molecule has 0 bridgehead atoms. The Morgan fingerprint density at radius 3 is 2.38 bits per heavy atom. The number of rotatable bonds is 2. The Labute approximate surface area is 131 Å². The van der Waals surface area contributed by atoms with Gasteiger partial charge in [-0.25, -0.2) is 0 Å². The van der Waals surface area contributed by atoms with Gasteiger partial charge in [-0.15, -0.1) is 0 Å². The van der Waals surface area contributed by atoms with Crippen molar-refractivity contribution < 1.29 is 26.5 Å². The molecule has 0 aliphatic rings. The van der Waals surface area contributed by atoms with Crippen molar-refractivity contribution in [1.82, 2.24) is 0 Å². The lowest BCUT2D eigenvalue weighted by Crippen LogP contribution is -3.00. The highest BCUT2D eigenvalue weighted by Gasteiger charge is 2.25. The third-order valence-corrected chi connectivity index (χ3v) is 2.78. The van der Waals surface area contributed by atoms with E-state index in [0.717, 1.165) is 11.6 Å². The Hall–Kier alpha value is -2.77. The first kappa shape index (κ1) is 16.3. The van der Waals surface area contributed by atoms with Crippen LogP contribution in [0.2, 0.25) is 0 Å². The highest BCUT2D eigenvalue weighted by molar-refractivity contribution is 5.59. The van der Waals surface area contributed by atoms with Crippen LogP contribution in [0.1, 0.15) is 16.7 Å². The predicted molar refractivity (Wildman–Crippen MR) is 68.8 cm³/mol. The second-order valence-electron chi connectivity index (χ2n) is 4.16. The largest absolute Gasteiger partial charge is 1.00 e. The first-order chi connectivity index (χ1) is 9.56. The molecule has 0 saturated carbocycles. The lowest BCUT2D eigenvalue weighted by molar-refractivity contribution is -0.601. The molecule has 2 rings (SSSR count). The molecular weight excluding hydrogens is 336 g/mol. The molecule has 6 nitrogen and oxygen atoms in total. The van der Waals surface area contributed by atoms with Crippen molar-refractivity contribution in [2.75, 3.05) is 0 Å². The molecule has 21 heavy (non-hydrogen) atoms. The van der Waals surface area contributed by atoms with E-state index in [-0.39, 0.29) is 39.5 Å². The molecular formula is C14H9BrN4O2. The van der Waals surface area contributed by atoms with Gasteiger partial charge in [0.2, 0.25) is 0 Å². The number of hydrogen-bond donors (Lipinski definition) is 0. The SMILES string of the molecule is Cc1ccc[n+](-c2cc(C#N)c(C#N)cc2[N+](=O)[O-])c1.[Br-]. The Balaban J connectivity index is 0.00000220.